The summed E-state index contributed by atoms with van der Waals surface area (Å²) in [6, 6.07) is 0.624. The Hall–Kier alpha value is -0.770. The molecule has 0 radical (unpaired) electrons. The van der Waals surface area contributed by atoms with Crippen molar-refractivity contribution >= 4 is 6.09 Å². The van der Waals surface area contributed by atoms with E-state index in [4.69, 9.17) is 4.74 Å². The van der Waals surface area contributed by atoms with Crippen molar-refractivity contribution in [2.75, 3.05) is 19.6 Å². The second-order valence-corrected chi connectivity index (χ2v) is 5.85. The molecule has 0 aliphatic carbocycles. The number of rotatable bonds is 1. The molecule has 92 valence electrons. The van der Waals surface area contributed by atoms with Crippen LogP contribution < -0.4 is 5.32 Å². The van der Waals surface area contributed by atoms with E-state index in [0.717, 1.165) is 19.6 Å². The highest BCUT2D eigenvalue weighted by Crippen LogP contribution is 2.26. The maximum absolute atomic E-state index is 11.7. The second kappa shape index (κ2) is 4.24. The fourth-order valence-corrected chi connectivity index (χ4v) is 2.36. The van der Waals surface area contributed by atoms with Gasteiger partial charge in [-0.25, -0.2) is 4.79 Å². The molecule has 16 heavy (non-hydrogen) atoms. The first-order chi connectivity index (χ1) is 7.46. The predicted molar refractivity (Wildman–Crippen MR) is 62.3 cm³/mol. The fraction of sp³-hybridized carbons (Fsp3) is 0.917. The number of ether oxygens (including phenoxy) is 1. The molecule has 0 spiro atoms. The number of carbonyl (C=O) groups is 1. The molecule has 0 saturated carbocycles. The molecule has 2 aliphatic heterocycles. The monoisotopic (exact) mass is 226 g/mol. The summed E-state index contributed by atoms with van der Waals surface area (Å²) in [7, 11) is 0. The second-order valence-electron chi connectivity index (χ2n) is 5.85. The topological polar surface area (TPSA) is 41.6 Å². The number of carbonyl (C=O) groups excluding carboxylic acids is 1. The molecule has 4 nitrogen and oxygen atoms in total. The van der Waals surface area contributed by atoms with Gasteiger partial charge in [0.25, 0.3) is 0 Å². The van der Waals surface area contributed by atoms with Crippen molar-refractivity contribution in [3.8, 4) is 0 Å². The first-order valence-electron chi connectivity index (χ1n) is 6.17. The Morgan fingerprint density at radius 2 is 2.06 bits per heavy atom. The van der Waals surface area contributed by atoms with Gasteiger partial charge in [0.05, 0.1) is 0 Å². The minimum Gasteiger partial charge on any atom is -0.444 e. The van der Waals surface area contributed by atoms with Gasteiger partial charge in [-0.05, 0) is 40.2 Å². The van der Waals surface area contributed by atoms with Crippen LogP contribution >= 0.6 is 0 Å². The highest BCUT2D eigenvalue weighted by Gasteiger charge is 2.38. The average molecular weight is 226 g/mol. The van der Waals surface area contributed by atoms with Gasteiger partial charge in [-0.15, -0.1) is 0 Å². The van der Waals surface area contributed by atoms with Gasteiger partial charge in [-0.3, -0.25) is 0 Å². The van der Waals surface area contributed by atoms with Crippen molar-refractivity contribution in [1.29, 1.82) is 0 Å². The van der Waals surface area contributed by atoms with E-state index in [1.165, 1.54) is 12.8 Å². The van der Waals surface area contributed by atoms with Gasteiger partial charge in [0.1, 0.15) is 5.60 Å². The summed E-state index contributed by atoms with van der Waals surface area (Å²) in [4.78, 5) is 13.5. The van der Waals surface area contributed by atoms with Crippen molar-refractivity contribution in [2.45, 2.75) is 45.3 Å². The molecular formula is C12H22N2O2. The summed E-state index contributed by atoms with van der Waals surface area (Å²) >= 11 is 0. The quantitative estimate of drug-likeness (QED) is 0.738. The van der Waals surface area contributed by atoms with Gasteiger partial charge >= 0.3 is 6.09 Å². The zero-order chi connectivity index (χ0) is 11.8. The molecule has 2 fully saturated rings. The van der Waals surface area contributed by atoms with Crippen molar-refractivity contribution in [2.24, 2.45) is 5.92 Å². The Labute approximate surface area is 97.3 Å². The highest BCUT2D eigenvalue weighted by atomic mass is 16.6. The lowest BCUT2D eigenvalue weighted by Crippen LogP contribution is -2.57. The van der Waals surface area contributed by atoms with Crippen LogP contribution in [-0.4, -0.2) is 42.3 Å². The smallest absolute Gasteiger partial charge is 0.410 e. The van der Waals surface area contributed by atoms with E-state index >= 15 is 0 Å². The first-order valence-corrected chi connectivity index (χ1v) is 6.17. The molecule has 2 heterocycles. The third kappa shape index (κ3) is 2.67. The van der Waals surface area contributed by atoms with Gasteiger partial charge < -0.3 is 15.0 Å². The molecule has 1 N–H and O–H groups in total. The first kappa shape index (κ1) is 11.7. The number of amides is 1. The van der Waals surface area contributed by atoms with Crippen LogP contribution in [0.1, 0.15) is 33.6 Å². The zero-order valence-corrected chi connectivity index (χ0v) is 10.5. The summed E-state index contributed by atoms with van der Waals surface area (Å²) < 4.78 is 5.32. The molecule has 2 aliphatic rings. The standard InChI is InChI=1S/C12H22N2O2/c1-12(2,3)16-11(15)14-7-9(8-14)10-5-4-6-13-10/h9-10,13H,4-8H2,1-3H3/t10-/m1/s1. The molecule has 2 saturated heterocycles. The zero-order valence-electron chi connectivity index (χ0n) is 10.5. The van der Waals surface area contributed by atoms with Crippen molar-refractivity contribution in [1.82, 2.24) is 10.2 Å². The summed E-state index contributed by atoms with van der Waals surface area (Å²) in [5, 5.41) is 3.49. The minimum atomic E-state index is -0.381. The SMILES string of the molecule is CC(C)(C)OC(=O)N1CC([C@H]2CCCN2)C1. The van der Waals surface area contributed by atoms with Crippen LogP contribution in [0, 0.1) is 5.92 Å². The number of nitrogens with zero attached hydrogens (tertiary/aromatic N) is 1. The summed E-state index contributed by atoms with van der Waals surface area (Å²) in [5.41, 5.74) is -0.381. The van der Waals surface area contributed by atoms with Crippen LogP contribution in [0.5, 0.6) is 0 Å². The van der Waals surface area contributed by atoms with Crippen molar-refractivity contribution in [3.05, 3.63) is 0 Å². The van der Waals surface area contributed by atoms with E-state index < -0.39 is 0 Å². The number of nitrogens with one attached hydrogen (secondary N) is 1. The van der Waals surface area contributed by atoms with Gasteiger partial charge in [-0.2, -0.15) is 0 Å². The van der Waals surface area contributed by atoms with E-state index in [9.17, 15) is 4.79 Å². The lowest BCUT2D eigenvalue weighted by Gasteiger charge is -2.42. The molecule has 1 atom stereocenters. The maximum Gasteiger partial charge on any atom is 0.410 e. The Bertz CT molecular complexity index is 261. The number of likely N-dealkylation sites (tertiary alicyclic amines) is 1. The molecule has 4 heteroatoms. The summed E-state index contributed by atoms with van der Waals surface area (Å²) in [6.45, 7) is 8.55. The maximum atomic E-state index is 11.7. The molecule has 0 bridgehead atoms. The third-order valence-corrected chi connectivity index (χ3v) is 3.23. The molecule has 1 amide bonds. The third-order valence-electron chi connectivity index (χ3n) is 3.23. The Morgan fingerprint density at radius 3 is 2.56 bits per heavy atom. The molecule has 0 aromatic rings. The molecule has 0 aromatic heterocycles. The summed E-state index contributed by atoms with van der Waals surface area (Å²) in [6.07, 6.45) is 2.36. The van der Waals surface area contributed by atoms with Crippen LogP contribution in [0.3, 0.4) is 0 Å². The number of hydrogen-bond acceptors (Lipinski definition) is 3. The fourth-order valence-electron chi connectivity index (χ4n) is 2.36. The van der Waals surface area contributed by atoms with E-state index in [1.807, 2.05) is 20.8 Å². The van der Waals surface area contributed by atoms with Crippen molar-refractivity contribution < 1.29 is 9.53 Å². The van der Waals surface area contributed by atoms with Gasteiger partial charge in [0, 0.05) is 25.0 Å². The number of hydrogen-bond donors (Lipinski definition) is 1. The molecule has 2 rings (SSSR count). The molecular weight excluding hydrogens is 204 g/mol. The summed E-state index contributed by atoms with van der Waals surface area (Å²) in [5.74, 6) is 0.634. The van der Waals surface area contributed by atoms with Crippen LogP contribution in [0.25, 0.3) is 0 Å². The Balaban J connectivity index is 1.73. The van der Waals surface area contributed by atoms with E-state index in [-0.39, 0.29) is 11.7 Å². The van der Waals surface area contributed by atoms with E-state index in [0.29, 0.717) is 12.0 Å². The Morgan fingerprint density at radius 1 is 1.38 bits per heavy atom. The van der Waals surface area contributed by atoms with Crippen molar-refractivity contribution in [3.63, 3.8) is 0 Å². The Kier molecular flexibility index (Phi) is 3.10. The lowest BCUT2D eigenvalue weighted by molar-refractivity contribution is -0.00568. The van der Waals surface area contributed by atoms with Crippen LogP contribution in [0.4, 0.5) is 4.79 Å². The molecule has 0 aromatic carbocycles. The minimum absolute atomic E-state index is 0.165. The predicted octanol–water partition coefficient (Wildman–Crippen LogP) is 1.61. The van der Waals surface area contributed by atoms with E-state index in [2.05, 4.69) is 5.32 Å². The van der Waals surface area contributed by atoms with E-state index in [1.54, 1.807) is 4.90 Å². The normalized spacial score (nSPS) is 26.7. The lowest BCUT2D eigenvalue weighted by atomic mass is 9.91. The van der Waals surface area contributed by atoms with Crippen LogP contribution in [0.2, 0.25) is 0 Å². The van der Waals surface area contributed by atoms with Crippen LogP contribution in [0.15, 0.2) is 0 Å². The van der Waals surface area contributed by atoms with Gasteiger partial charge in [-0.1, -0.05) is 0 Å². The average Bonchev–Trinajstić information content (AvgIpc) is 2.49. The van der Waals surface area contributed by atoms with Gasteiger partial charge in [0.2, 0.25) is 0 Å². The largest absolute Gasteiger partial charge is 0.444 e. The molecule has 0 unspecified atom stereocenters. The highest BCUT2D eigenvalue weighted by molar-refractivity contribution is 5.69. The van der Waals surface area contributed by atoms with Gasteiger partial charge in [0.15, 0.2) is 0 Å². The van der Waals surface area contributed by atoms with Crippen LogP contribution in [-0.2, 0) is 4.74 Å².